The fourth-order valence-corrected chi connectivity index (χ4v) is 2.42. The first kappa shape index (κ1) is 10.6. The molecule has 0 spiro atoms. The number of thiophene rings is 2. The lowest BCUT2D eigenvalue weighted by molar-refractivity contribution is 0.473. The first-order valence-electron chi connectivity index (χ1n) is 4.52. The molecule has 2 aromatic rings. The molecule has 2 aromatic heterocycles. The monoisotopic (exact) mass is 237 g/mol. The minimum Gasteiger partial charge on any atom is -0.519 e. The van der Waals surface area contributed by atoms with Crippen molar-refractivity contribution in [2.24, 2.45) is 0 Å². The van der Waals surface area contributed by atoms with E-state index in [1.54, 1.807) is 22.7 Å². The summed E-state index contributed by atoms with van der Waals surface area (Å²) in [6.45, 7) is 4.09. The van der Waals surface area contributed by atoms with Gasteiger partial charge in [-0.15, -0.1) is 22.7 Å². The zero-order valence-electron chi connectivity index (χ0n) is 8.52. The van der Waals surface area contributed by atoms with Crippen LogP contribution in [0.2, 0.25) is 0 Å². The Bertz CT molecular complexity index is 396. The Labute approximate surface area is 97.8 Å². The van der Waals surface area contributed by atoms with E-state index in [0.29, 0.717) is 0 Å². The molecular weight excluding hydrogens is 227 g/mol. The predicted molar refractivity (Wildman–Crippen MR) is 65.1 cm³/mol. The summed E-state index contributed by atoms with van der Waals surface area (Å²) in [5.74, 6) is 0. The van der Waals surface area contributed by atoms with E-state index in [9.17, 15) is 0 Å². The van der Waals surface area contributed by atoms with Crippen LogP contribution in [0, 0.1) is 13.8 Å². The topological polar surface area (TPSA) is 18.5 Å². The highest BCUT2D eigenvalue weighted by molar-refractivity contribution is 7.14. The van der Waals surface area contributed by atoms with E-state index >= 15 is 0 Å². The lowest BCUT2D eigenvalue weighted by Crippen LogP contribution is -2.08. The molecule has 5 heteroatoms. The van der Waals surface area contributed by atoms with Gasteiger partial charge in [-0.05, 0) is 38.1 Å². The van der Waals surface area contributed by atoms with E-state index in [2.05, 4.69) is 0 Å². The van der Waals surface area contributed by atoms with Gasteiger partial charge >= 0.3 is 7.69 Å². The summed E-state index contributed by atoms with van der Waals surface area (Å²) in [6, 6.07) is 7.89. The SMILES string of the molecule is Cc1ccc(O[B]Oc2ccc(C)s2)s1. The Morgan fingerprint density at radius 3 is 1.67 bits per heavy atom. The Balaban J connectivity index is 1.80. The third-order valence-electron chi connectivity index (χ3n) is 1.76. The van der Waals surface area contributed by atoms with E-state index in [1.165, 1.54) is 17.4 Å². The zero-order valence-corrected chi connectivity index (χ0v) is 10.2. The fourth-order valence-electron chi connectivity index (χ4n) is 1.07. The van der Waals surface area contributed by atoms with Crippen LogP contribution in [-0.4, -0.2) is 7.69 Å². The van der Waals surface area contributed by atoms with Crippen LogP contribution in [0.25, 0.3) is 0 Å². The lowest BCUT2D eigenvalue weighted by Gasteiger charge is -2.00. The van der Waals surface area contributed by atoms with Gasteiger partial charge in [0.15, 0.2) is 10.1 Å². The Morgan fingerprint density at radius 2 is 1.33 bits per heavy atom. The molecule has 0 saturated heterocycles. The van der Waals surface area contributed by atoms with Crippen molar-refractivity contribution in [1.82, 2.24) is 0 Å². The summed E-state index contributed by atoms with van der Waals surface area (Å²) in [5.41, 5.74) is 0. The van der Waals surface area contributed by atoms with Crippen molar-refractivity contribution in [2.75, 3.05) is 0 Å². The molecule has 77 valence electrons. The highest BCUT2D eigenvalue weighted by Crippen LogP contribution is 2.25. The molecule has 0 aliphatic rings. The van der Waals surface area contributed by atoms with Crippen molar-refractivity contribution in [3.63, 3.8) is 0 Å². The van der Waals surface area contributed by atoms with Crippen molar-refractivity contribution in [3.05, 3.63) is 34.0 Å². The van der Waals surface area contributed by atoms with Gasteiger partial charge in [-0.25, -0.2) is 0 Å². The zero-order chi connectivity index (χ0) is 10.7. The first-order chi connectivity index (χ1) is 7.24. The van der Waals surface area contributed by atoms with E-state index in [1.807, 2.05) is 38.1 Å². The maximum absolute atomic E-state index is 5.32. The molecule has 2 heterocycles. The van der Waals surface area contributed by atoms with Crippen LogP contribution in [0.15, 0.2) is 24.3 Å². The van der Waals surface area contributed by atoms with Crippen LogP contribution in [0.4, 0.5) is 0 Å². The van der Waals surface area contributed by atoms with Crippen molar-refractivity contribution in [2.45, 2.75) is 13.8 Å². The van der Waals surface area contributed by atoms with Gasteiger partial charge in [-0.3, -0.25) is 0 Å². The second-order valence-corrected chi connectivity index (χ2v) is 5.56. The summed E-state index contributed by atoms with van der Waals surface area (Å²) in [6.07, 6.45) is 0. The van der Waals surface area contributed by atoms with Gasteiger partial charge in [0.25, 0.3) is 0 Å². The van der Waals surface area contributed by atoms with Crippen LogP contribution in [0.3, 0.4) is 0 Å². The third kappa shape index (κ3) is 3.01. The summed E-state index contributed by atoms with van der Waals surface area (Å²) in [5, 5.41) is 1.70. The quantitative estimate of drug-likeness (QED) is 0.758. The molecule has 0 atom stereocenters. The molecule has 0 aliphatic carbocycles. The van der Waals surface area contributed by atoms with Gasteiger partial charge in [-0.1, -0.05) is 0 Å². The summed E-state index contributed by atoms with van der Waals surface area (Å²) >= 11 is 3.20. The van der Waals surface area contributed by atoms with Gasteiger partial charge < -0.3 is 9.31 Å². The van der Waals surface area contributed by atoms with Gasteiger partial charge in [0.05, 0.1) is 0 Å². The number of hydrogen-bond donors (Lipinski definition) is 0. The molecule has 0 unspecified atom stereocenters. The number of aryl methyl sites for hydroxylation is 2. The Hall–Kier alpha value is -0.935. The van der Waals surface area contributed by atoms with Gasteiger partial charge in [-0.2, -0.15) is 0 Å². The predicted octanol–water partition coefficient (Wildman–Crippen LogP) is 3.42. The fraction of sp³-hybridized carbons (Fsp3) is 0.200. The van der Waals surface area contributed by atoms with Gasteiger partial charge in [0, 0.05) is 9.75 Å². The van der Waals surface area contributed by atoms with Gasteiger partial charge in [0.1, 0.15) is 0 Å². The van der Waals surface area contributed by atoms with Gasteiger partial charge in [0.2, 0.25) is 0 Å². The normalized spacial score (nSPS) is 10.0. The molecule has 15 heavy (non-hydrogen) atoms. The highest BCUT2D eigenvalue weighted by Gasteiger charge is 2.04. The summed E-state index contributed by atoms with van der Waals surface area (Å²) in [7, 11) is 1.37. The van der Waals surface area contributed by atoms with Crippen molar-refractivity contribution < 1.29 is 9.31 Å². The van der Waals surface area contributed by atoms with E-state index in [-0.39, 0.29) is 0 Å². The largest absolute Gasteiger partial charge is 0.659 e. The molecule has 0 fully saturated rings. The lowest BCUT2D eigenvalue weighted by atomic mass is 10.4. The van der Waals surface area contributed by atoms with Crippen LogP contribution < -0.4 is 9.31 Å². The Morgan fingerprint density at radius 1 is 0.867 bits per heavy atom. The minimum absolute atomic E-state index is 0.848. The van der Waals surface area contributed by atoms with Crippen molar-refractivity contribution in [3.8, 4) is 10.1 Å². The number of rotatable bonds is 4. The molecule has 0 bridgehead atoms. The summed E-state index contributed by atoms with van der Waals surface area (Å²) in [4.78, 5) is 2.45. The van der Waals surface area contributed by atoms with Crippen LogP contribution in [0.5, 0.6) is 10.1 Å². The average molecular weight is 237 g/mol. The molecule has 0 aromatic carbocycles. The molecule has 0 N–H and O–H groups in total. The second kappa shape index (κ2) is 4.72. The van der Waals surface area contributed by atoms with Crippen LogP contribution in [-0.2, 0) is 0 Å². The Kier molecular flexibility index (Phi) is 3.33. The molecular formula is C10H10BO2S2. The average Bonchev–Trinajstić information content (AvgIpc) is 2.76. The molecule has 2 rings (SSSR count). The van der Waals surface area contributed by atoms with E-state index < -0.39 is 0 Å². The molecule has 0 amide bonds. The smallest absolute Gasteiger partial charge is 0.519 e. The first-order valence-corrected chi connectivity index (χ1v) is 6.15. The maximum Gasteiger partial charge on any atom is 0.659 e. The molecule has 2 nitrogen and oxygen atoms in total. The third-order valence-corrected chi connectivity index (χ3v) is 3.54. The summed E-state index contributed by atoms with van der Waals surface area (Å²) < 4.78 is 10.6. The standard InChI is InChI=1S/C10H10BO2S2/c1-7-3-5-9(14-7)12-11-13-10-6-4-8(2)15-10/h3-6H,1-2H3. The van der Waals surface area contributed by atoms with Crippen molar-refractivity contribution >= 4 is 30.4 Å². The number of hydrogen-bond acceptors (Lipinski definition) is 4. The maximum atomic E-state index is 5.32. The van der Waals surface area contributed by atoms with Crippen LogP contribution in [0.1, 0.15) is 9.75 Å². The minimum atomic E-state index is 0.848. The molecule has 0 saturated carbocycles. The second-order valence-electron chi connectivity index (χ2n) is 3.06. The van der Waals surface area contributed by atoms with Crippen LogP contribution >= 0.6 is 22.7 Å². The van der Waals surface area contributed by atoms with E-state index in [0.717, 1.165) is 10.1 Å². The molecule has 1 radical (unpaired) electrons. The molecule has 0 aliphatic heterocycles. The van der Waals surface area contributed by atoms with E-state index in [4.69, 9.17) is 9.31 Å². The highest BCUT2D eigenvalue weighted by atomic mass is 32.1. The van der Waals surface area contributed by atoms with Crippen molar-refractivity contribution in [1.29, 1.82) is 0 Å².